The van der Waals surface area contributed by atoms with Crippen LogP contribution in [0, 0.1) is 13.8 Å². The van der Waals surface area contributed by atoms with Crippen molar-refractivity contribution >= 4 is 5.78 Å². The van der Waals surface area contributed by atoms with Gasteiger partial charge in [-0.2, -0.15) is 0 Å². The highest BCUT2D eigenvalue weighted by Gasteiger charge is 2.23. The highest BCUT2D eigenvalue weighted by molar-refractivity contribution is 6.09. The molecule has 0 amide bonds. The molecule has 0 heterocycles. The van der Waals surface area contributed by atoms with Crippen molar-refractivity contribution in [3.63, 3.8) is 0 Å². The Bertz CT molecular complexity index is 867. The van der Waals surface area contributed by atoms with E-state index >= 15 is 0 Å². The zero-order valence-corrected chi connectivity index (χ0v) is 15.3. The molecule has 0 atom stereocenters. The molecule has 0 aliphatic heterocycles. The fraction of sp³-hybridized carbons (Fsp3) is 0.208. The number of rotatable bonds is 4. The molecule has 0 aromatic heterocycles. The van der Waals surface area contributed by atoms with Crippen LogP contribution in [0.25, 0.3) is 0 Å². The van der Waals surface area contributed by atoms with Gasteiger partial charge in [-0.05, 0) is 25.0 Å². The first kappa shape index (κ1) is 17.2. The average Bonchev–Trinajstić information content (AvgIpc) is 2.62. The molecule has 126 valence electrons. The minimum absolute atomic E-state index is 0.0692. The van der Waals surface area contributed by atoms with Crippen LogP contribution in [-0.4, -0.2) is 5.78 Å². The van der Waals surface area contributed by atoms with Crippen molar-refractivity contribution in [3.05, 3.63) is 106 Å². The van der Waals surface area contributed by atoms with Crippen LogP contribution in [-0.2, 0) is 5.41 Å². The summed E-state index contributed by atoms with van der Waals surface area (Å²) in [6.07, 6.45) is 0. The van der Waals surface area contributed by atoms with E-state index in [-0.39, 0.29) is 11.2 Å². The molecular weight excluding hydrogens is 304 g/mol. The van der Waals surface area contributed by atoms with E-state index in [1.165, 1.54) is 16.7 Å². The smallest absolute Gasteiger partial charge is 0.193 e. The second-order valence-electron chi connectivity index (χ2n) is 7.26. The molecular formula is C24H24O. The summed E-state index contributed by atoms with van der Waals surface area (Å²) < 4.78 is 0. The molecule has 3 aromatic carbocycles. The first-order chi connectivity index (χ1) is 11.9. The molecule has 0 N–H and O–H groups in total. The van der Waals surface area contributed by atoms with E-state index in [1.807, 2.05) is 43.3 Å². The number of ketones is 1. The Kier molecular flexibility index (Phi) is 4.59. The van der Waals surface area contributed by atoms with Crippen molar-refractivity contribution in [2.24, 2.45) is 0 Å². The van der Waals surface area contributed by atoms with Crippen molar-refractivity contribution in [1.82, 2.24) is 0 Å². The monoisotopic (exact) mass is 328 g/mol. The van der Waals surface area contributed by atoms with E-state index < -0.39 is 0 Å². The fourth-order valence-electron chi connectivity index (χ4n) is 3.05. The first-order valence-corrected chi connectivity index (χ1v) is 8.67. The second kappa shape index (κ2) is 6.68. The fourth-order valence-corrected chi connectivity index (χ4v) is 3.05. The molecule has 1 heteroatoms. The quantitative estimate of drug-likeness (QED) is 0.548. The average molecular weight is 328 g/mol. The SMILES string of the molecule is Cc1ccc(C(=O)c2ccc(C(C)(C)c3ccc(C)cc3)cc2)cc1. The van der Waals surface area contributed by atoms with Crippen molar-refractivity contribution < 1.29 is 4.79 Å². The molecule has 0 saturated heterocycles. The Hall–Kier alpha value is -2.67. The maximum Gasteiger partial charge on any atom is 0.193 e. The number of hydrogen-bond donors (Lipinski definition) is 0. The van der Waals surface area contributed by atoms with Crippen LogP contribution < -0.4 is 0 Å². The molecule has 3 aromatic rings. The van der Waals surface area contributed by atoms with Gasteiger partial charge in [-0.3, -0.25) is 4.79 Å². The van der Waals surface area contributed by atoms with Gasteiger partial charge in [-0.25, -0.2) is 0 Å². The molecule has 0 aliphatic rings. The number of hydrogen-bond acceptors (Lipinski definition) is 1. The highest BCUT2D eigenvalue weighted by atomic mass is 16.1. The molecule has 0 bridgehead atoms. The predicted octanol–water partition coefficient (Wildman–Crippen LogP) is 5.86. The van der Waals surface area contributed by atoms with E-state index in [9.17, 15) is 4.79 Å². The molecule has 0 aliphatic carbocycles. The molecule has 0 fully saturated rings. The third-order valence-electron chi connectivity index (χ3n) is 4.96. The van der Waals surface area contributed by atoms with Crippen LogP contribution in [0.2, 0.25) is 0 Å². The zero-order valence-electron chi connectivity index (χ0n) is 15.3. The predicted molar refractivity (Wildman–Crippen MR) is 104 cm³/mol. The number of benzene rings is 3. The van der Waals surface area contributed by atoms with E-state index in [0.717, 1.165) is 16.7 Å². The lowest BCUT2D eigenvalue weighted by Crippen LogP contribution is -2.19. The summed E-state index contributed by atoms with van der Waals surface area (Å²) in [5, 5.41) is 0. The van der Waals surface area contributed by atoms with Gasteiger partial charge in [0, 0.05) is 16.5 Å². The van der Waals surface area contributed by atoms with E-state index in [4.69, 9.17) is 0 Å². The van der Waals surface area contributed by atoms with Gasteiger partial charge in [0.2, 0.25) is 0 Å². The molecule has 0 radical (unpaired) electrons. The van der Waals surface area contributed by atoms with Gasteiger partial charge in [-0.1, -0.05) is 97.8 Å². The number of carbonyl (C=O) groups is 1. The van der Waals surface area contributed by atoms with Crippen LogP contribution in [0.4, 0.5) is 0 Å². The molecule has 0 saturated carbocycles. The second-order valence-corrected chi connectivity index (χ2v) is 7.26. The van der Waals surface area contributed by atoms with E-state index in [2.05, 4.69) is 57.2 Å². The summed E-state index contributed by atoms with van der Waals surface area (Å²) in [6.45, 7) is 8.56. The van der Waals surface area contributed by atoms with Crippen molar-refractivity contribution in [3.8, 4) is 0 Å². The normalized spacial score (nSPS) is 11.4. The van der Waals surface area contributed by atoms with Gasteiger partial charge < -0.3 is 0 Å². The number of carbonyl (C=O) groups excluding carboxylic acids is 1. The Balaban J connectivity index is 1.87. The summed E-state index contributed by atoms with van der Waals surface area (Å²) in [6, 6.07) is 24.4. The topological polar surface area (TPSA) is 17.1 Å². The van der Waals surface area contributed by atoms with Gasteiger partial charge in [0.15, 0.2) is 5.78 Å². The lowest BCUT2D eigenvalue weighted by Gasteiger charge is -2.26. The first-order valence-electron chi connectivity index (χ1n) is 8.67. The van der Waals surface area contributed by atoms with Crippen LogP contribution in [0.1, 0.15) is 52.0 Å². The Labute approximate surface area is 150 Å². The van der Waals surface area contributed by atoms with Crippen molar-refractivity contribution in [2.75, 3.05) is 0 Å². The summed E-state index contributed by atoms with van der Waals surface area (Å²) in [5.74, 6) is 0.0692. The third-order valence-corrected chi connectivity index (χ3v) is 4.96. The van der Waals surface area contributed by atoms with E-state index in [0.29, 0.717) is 0 Å². The maximum absolute atomic E-state index is 12.6. The summed E-state index contributed by atoms with van der Waals surface area (Å²) >= 11 is 0. The van der Waals surface area contributed by atoms with Crippen LogP contribution in [0.3, 0.4) is 0 Å². The van der Waals surface area contributed by atoms with Gasteiger partial charge in [-0.15, -0.1) is 0 Å². The van der Waals surface area contributed by atoms with Gasteiger partial charge in [0.25, 0.3) is 0 Å². The Morgan fingerprint density at radius 3 is 1.36 bits per heavy atom. The summed E-state index contributed by atoms with van der Waals surface area (Å²) in [5.41, 5.74) is 6.26. The molecule has 25 heavy (non-hydrogen) atoms. The van der Waals surface area contributed by atoms with Gasteiger partial charge in [0.1, 0.15) is 0 Å². The largest absolute Gasteiger partial charge is 0.289 e. The molecule has 0 unspecified atom stereocenters. The number of aryl methyl sites for hydroxylation is 2. The lowest BCUT2D eigenvalue weighted by molar-refractivity contribution is 0.103. The lowest BCUT2D eigenvalue weighted by atomic mass is 9.77. The van der Waals surface area contributed by atoms with Gasteiger partial charge in [0.05, 0.1) is 0 Å². The molecule has 3 rings (SSSR count). The Morgan fingerprint density at radius 1 is 0.600 bits per heavy atom. The van der Waals surface area contributed by atoms with Crippen LogP contribution >= 0.6 is 0 Å². The minimum atomic E-state index is -0.0981. The zero-order chi connectivity index (χ0) is 18.0. The van der Waals surface area contributed by atoms with E-state index in [1.54, 1.807) is 0 Å². The van der Waals surface area contributed by atoms with Gasteiger partial charge >= 0.3 is 0 Å². The third kappa shape index (κ3) is 3.56. The Morgan fingerprint density at radius 2 is 0.920 bits per heavy atom. The van der Waals surface area contributed by atoms with Crippen LogP contribution in [0.15, 0.2) is 72.8 Å². The summed E-state index contributed by atoms with van der Waals surface area (Å²) in [4.78, 5) is 12.6. The maximum atomic E-state index is 12.6. The summed E-state index contributed by atoms with van der Waals surface area (Å²) in [7, 11) is 0. The molecule has 0 spiro atoms. The minimum Gasteiger partial charge on any atom is -0.289 e. The van der Waals surface area contributed by atoms with Crippen molar-refractivity contribution in [2.45, 2.75) is 33.1 Å². The van der Waals surface area contributed by atoms with Crippen LogP contribution in [0.5, 0.6) is 0 Å². The standard InChI is InChI=1S/C24H24O/c1-17-5-9-19(10-6-17)23(25)20-11-15-22(16-12-20)24(3,4)21-13-7-18(2)8-14-21/h5-16H,1-4H3. The highest BCUT2D eigenvalue weighted by Crippen LogP contribution is 2.31. The molecule has 1 nitrogen and oxygen atoms in total. The van der Waals surface area contributed by atoms with Crippen molar-refractivity contribution in [1.29, 1.82) is 0 Å².